The minimum absolute atomic E-state index is 0.200. The Morgan fingerprint density at radius 2 is 1.74 bits per heavy atom. The predicted octanol–water partition coefficient (Wildman–Crippen LogP) is 3.66. The van der Waals surface area contributed by atoms with Crippen molar-refractivity contribution in [2.75, 3.05) is 0 Å². The van der Waals surface area contributed by atoms with Crippen LogP contribution in [0.25, 0.3) is 0 Å². The minimum Gasteiger partial charge on any atom is -0.348 e. The molecule has 1 N–H and O–H groups in total. The van der Waals surface area contributed by atoms with E-state index in [-0.39, 0.29) is 6.54 Å². The molecule has 2 nitrogen and oxygen atoms in total. The van der Waals surface area contributed by atoms with E-state index in [1.165, 1.54) is 6.07 Å². The molecule has 98 valence electrons. The Morgan fingerprint density at radius 1 is 1.11 bits per heavy atom. The minimum atomic E-state index is -0.869. The lowest BCUT2D eigenvalue weighted by Gasteiger charge is -2.07. The van der Waals surface area contributed by atoms with Gasteiger partial charge in [0.2, 0.25) is 0 Å². The van der Waals surface area contributed by atoms with Crippen molar-refractivity contribution in [3.63, 3.8) is 0 Å². The summed E-state index contributed by atoms with van der Waals surface area (Å²) in [5.41, 5.74) is 0.275. The van der Waals surface area contributed by atoms with E-state index in [1.54, 1.807) is 0 Å². The van der Waals surface area contributed by atoms with Gasteiger partial charge in [-0.15, -0.1) is 0 Å². The summed E-state index contributed by atoms with van der Waals surface area (Å²) in [5, 5.41) is 2.48. The fourth-order valence-electron chi connectivity index (χ4n) is 1.63. The van der Waals surface area contributed by atoms with E-state index >= 15 is 0 Å². The Kier molecular flexibility index (Phi) is 4.27. The summed E-state index contributed by atoms with van der Waals surface area (Å²) in [5.74, 6) is -2.51. The fraction of sp³-hybridized carbons (Fsp3) is 0.0714. The fourth-order valence-corrected chi connectivity index (χ4v) is 2.08. The maximum absolute atomic E-state index is 13.4. The molecule has 0 saturated heterocycles. The lowest BCUT2D eigenvalue weighted by Crippen LogP contribution is -2.25. The standard InChI is InChI=1S/C14H10BrF2NO/c15-10-4-1-3-9(7-10)8-18-14(19)13-11(16)5-2-6-12(13)17/h1-7H,8H2,(H,18,19). The second kappa shape index (κ2) is 5.93. The number of hydrogen-bond acceptors (Lipinski definition) is 1. The van der Waals surface area contributed by atoms with Crippen LogP contribution in [-0.4, -0.2) is 5.91 Å². The Hall–Kier alpha value is -1.75. The summed E-state index contributed by atoms with van der Waals surface area (Å²) in [6.45, 7) is 0.200. The Labute approximate surface area is 117 Å². The predicted molar refractivity (Wildman–Crippen MR) is 71.7 cm³/mol. The Balaban J connectivity index is 2.10. The first kappa shape index (κ1) is 13.7. The summed E-state index contributed by atoms with van der Waals surface area (Å²) in [4.78, 5) is 11.7. The zero-order valence-corrected chi connectivity index (χ0v) is 11.4. The number of nitrogens with one attached hydrogen (secondary N) is 1. The highest BCUT2D eigenvalue weighted by molar-refractivity contribution is 9.10. The van der Waals surface area contributed by atoms with Gasteiger partial charge in [-0.05, 0) is 29.8 Å². The molecule has 19 heavy (non-hydrogen) atoms. The molecule has 0 spiro atoms. The number of rotatable bonds is 3. The highest BCUT2D eigenvalue weighted by atomic mass is 79.9. The highest BCUT2D eigenvalue weighted by Gasteiger charge is 2.16. The highest BCUT2D eigenvalue weighted by Crippen LogP contribution is 2.13. The van der Waals surface area contributed by atoms with E-state index < -0.39 is 23.1 Å². The molecule has 0 aliphatic carbocycles. The van der Waals surface area contributed by atoms with Crippen molar-refractivity contribution in [3.05, 3.63) is 69.7 Å². The number of hydrogen-bond donors (Lipinski definition) is 1. The maximum atomic E-state index is 13.4. The number of benzene rings is 2. The largest absolute Gasteiger partial charge is 0.348 e. The average Bonchev–Trinajstić information content (AvgIpc) is 2.36. The van der Waals surface area contributed by atoms with Crippen LogP contribution in [0.15, 0.2) is 46.9 Å². The molecule has 0 atom stereocenters. The second-order valence-electron chi connectivity index (χ2n) is 3.91. The molecule has 0 radical (unpaired) electrons. The molecule has 0 bridgehead atoms. The third-order valence-electron chi connectivity index (χ3n) is 2.53. The molecule has 0 saturated carbocycles. The summed E-state index contributed by atoms with van der Waals surface area (Å²) in [6, 6.07) is 10.6. The smallest absolute Gasteiger partial charge is 0.257 e. The van der Waals surface area contributed by atoms with Gasteiger partial charge in [-0.2, -0.15) is 0 Å². The summed E-state index contributed by atoms with van der Waals surface area (Å²) in [6.07, 6.45) is 0. The van der Waals surface area contributed by atoms with E-state index in [0.29, 0.717) is 0 Å². The van der Waals surface area contributed by atoms with Gasteiger partial charge in [-0.3, -0.25) is 4.79 Å². The second-order valence-corrected chi connectivity index (χ2v) is 4.82. The molecular weight excluding hydrogens is 316 g/mol. The van der Waals surface area contributed by atoms with Crippen LogP contribution in [0.5, 0.6) is 0 Å². The van der Waals surface area contributed by atoms with Crippen molar-refractivity contribution in [2.24, 2.45) is 0 Å². The first-order valence-electron chi connectivity index (χ1n) is 5.54. The number of carbonyl (C=O) groups is 1. The molecule has 2 aromatic carbocycles. The third-order valence-corrected chi connectivity index (χ3v) is 3.03. The first-order chi connectivity index (χ1) is 9.08. The van der Waals surface area contributed by atoms with Gasteiger partial charge < -0.3 is 5.32 Å². The molecule has 5 heteroatoms. The average molecular weight is 326 g/mol. The lowest BCUT2D eigenvalue weighted by molar-refractivity contribution is 0.0942. The molecule has 0 aromatic heterocycles. The zero-order chi connectivity index (χ0) is 13.8. The van der Waals surface area contributed by atoms with Crippen LogP contribution in [0, 0.1) is 11.6 Å². The van der Waals surface area contributed by atoms with Crippen LogP contribution < -0.4 is 5.32 Å². The van der Waals surface area contributed by atoms with Gasteiger partial charge in [0.25, 0.3) is 5.91 Å². The molecule has 2 rings (SSSR count). The van der Waals surface area contributed by atoms with Gasteiger partial charge >= 0.3 is 0 Å². The molecule has 0 heterocycles. The van der Waals surface area contributed by atoms with Gasteiger partial charge in [0.05, 0.1) is 0 Å². The number of halogens is 3. The maximum Gasteiger partial charge on any atom is 0.257 e. The van der Waals surface area contributed by atoms with E-state index in [9.17, 15) is 13.6 Å². The summed E-state index contributed by atoms with van der Waals surface area (Å²) in [7, 11) is 0. The van der Waals surface area contributed by atoms with Gasteiger partial charge in [0.1, 0.15) is 17.2 Å². The zero-order valence-electron chi connectivity index (χ0n) is 9.79. The lowest BCUT2D eigenvalue weighted by atomic mass is 10.1. The summed E-state index contributed by atoms with van der Waals surface area (Å²) >= 11 is 3.30. The van der Waals surface area contributed by atoms with Crippen LogP contribution in [0.1, 0.15) is 15.9 Å². The molecule has 0 aliphatic rings. The van der Waals surface area contributed by atoms with E-state index in [1.807, 2.05) is 24.3 Å². The van der Waals surface area contributed by atoms with Gasteiger partial charge in [0.15, 0.2) is 0 Å². The molecular formula is C14H10BrF2NO. The topological polar surface area (TPSA) is 29.1 Å². The molecule has 0 fully saturated rings. The molecule has 1 amide bonds. The van der Waals surface area contributed by atoms with Crippen LogP contribution in [0.4, 0.5) is 8.78 Å². The van der Waals surface area contributed by atoms with Crippen LogP contribution in [0.2, 0.25) is 0 Å². The van der Waals surface area contributed by atoms with Crippen LogP contribution in [0.3, 0.4) is 0 Å². The summed E-state index contributed by atoms with van der Waals surface area (Å²) < 4.78 is 27.6. The van der Waals surface area contributed by atoms with E-state index in [0.717, 1.165) is 22.2 Å². The Morgan fingerprint density at radius 3 is 2.37 bits per heavy atom. The van der Waals surface area contributed by atoms with E-state index in [4.69, 9.17) is 0 Å². The number of amides is 1. The van der Waals surface area contributed by atoms with Crippen molar-refractivity contribution in [2.45, 2.75) is 6.54 Å². The normalized spacial score (nSPS) is 10.3. The van der Waals surface area contributed by atoms with Crippen molar-refractivity contribution in [1.82, 2.24) is 5.32 Å². The van der Waals surface area contributed by atoms with Crippen LogP contribution in [-0.2, 0) is 6.54 Å². The van der Waals surface area contributed by atoms with Crippen molar-refractivity contribution in [1.29, 1.82) is 0 Å². The van der Waals surface area contributed by atoms with Crippen molar-refractivity contribution < 1.29 is 13.6 Å². The van der Waals surface area contributed by atoms with Crippen molar-refractivity contribution >= 4 is 21.8 Å². The van der Waals surface area contributed by atoms with Crippen LogP contribution >= 0.6 is 15.9 Å². The Bertz CT molecular complexity index is 596. The van der Waals surface area contributed by atoms with Gasteiger partial charge in [-0.25, -0.2) is 8.78 Å². The quantitative estimate of drug-likeness (QED) is 0.916. The molecule has 0 aliphatic heterocycles. The molecule has 2 aromatic rings. The SMILES string of the molecule is O=C(NCc1cccc(Br)c1)c1c(F)cccc1F. The molecule has 0 unspecified atom stereocenters. The first-order valence-corrected chi connectivity index (χ1v) is 6.34. The van der Waals surface area contributed by atoms with Gasteiger partial charge in [-0.1, -0.05) is 34.1 Å². The van der Waals surface area contributed by atoms with Gasteiger partial charge in [0, 0.05) is 11.0 Å². The van der Waals surface area contributed by atoms with Crippen molar-refractivity contribution in [3.8, 4) is 0 Å². The third kappa shape index (κ3) is 3.38. The van der Waals surface area contributed by atoms with E-state index in [2.05, 4.69) is 21.2 Å². The number of carbonyl (C=O) groups excluding carboxylic acids is 1. The monoisotopic (exact) mass is 325 g/mol.